The Morgan fingerprint density at radius 1 is 0.979 bits per heavy atom. The number of aromatic amines is 1. The second-order valence-corrected chi connectivity index (χ2v) is 12.9. The number of likely N-dealkylation sites (tertiary alicyclic amines) is 2. The van der Waals surface area contributed by atoms with Crippen molar-refractivity contribution in [3.05, 3.63) is 77.6 Å². The van der Waals surface area contributed by atoms with E-state index < -0.39 is 12.0 Å². The molecule has 48 heavy (non-hydrogen) atoms. The maximum absolute atomic E-state index is 14.1. The summed E-state index contributed by atoms with van der Waals surface area (Å²) in [5.41, 5.74) is 2.30. The molecule has 0 aliphatic carbocycles. The molecule has 0 spiro atoms. The molecule has 0 saturated carbocycles. The van der Waals surface area contributed by atoms with E-state index in [0.717, 1.165) is 12.0 Å². The number of likely N-dealkylation sites (N-methyl/N-ethyl adjacent to an activating group) is 1. The zero-order valence-corrected chi connectivity index (χ0v) is 28.1. The molecular weight excluding hydrogens is 612 g/mol. The molecule has 1 aromatic heterocycles. The number of methoxy groups -OCH3 is 1. The second kappa shape index (κ2) is 15.8. The predicted molar refractivity (Wildman–Crippen MR) is 179 cm³/mol. The van der Waals surface area contributed by atoms with Crippen molar-refractivity contribution < 1.29 is 28.7 Å². The van der Waals surface area contributed by atoms with Crippen molar-refractivity contribution in [3.8, 4) is 11.5 Å². The first-order valence-corrected chi connectivity index (χ1v) is 16.6. The van der Waals surface area contributed by atoms with Gasteiger partial charge < -0.3 is 29.9 Å². The number of fused-ring (bicyclic) bond motifs is 1. The summed E-state index contributed by atoms with van der Waals surface area (Å²) in [6.07, 6.45) is 3.61. The molecule has 3 N–H and O–H groups in total. The van der Waals surface area contributed by atoms with Gasteiger partial charge in [0.2, 0.25) is 17.7 Å². The Balaban J connectivity index is 1.33. The van der Waals surface area contributed by atoms with Crippen LogP contribution in [0.15, 0.2) is 60.8 Å². The number of aromatic nitrogens is 2. The number of carbonyl (C=O) groups is 4. The van der Waals surface area contributed by atoms with E-state index in [4.69, 9.17) is 9.47 Å². The van der Waals surface area contributed by atoms with Crippen molar-refractivity contribution in [2.75, 3.05) is 40.3 Å². The number of nitrogens with one attached hydrogen (secondary N) is 3. The molecule has 2 fully saturated rings. The van der Waals surface area contributed by atoms with E-state index >= 15 is 0 Å². The molecule has 4 atom stereocenters. The van der Waals surface area contributed by atoms with E-state index in [9.17, 15) is 19.2 Å². The maximum atomic E-state index is 14.1. The molecule has 12 nitrogen and oxygen atoms in total. The summed E-state index contributed by atoms with van der Waals surface area (Å²) >= 11 is 0. The van der Waals surface area contributed by atoms with Crippen LogP contribution in [0.3, 0.4) is 0 Å². The van der Waals surface area contributed by atoms with Crippen LogP contribution >= 0.6 is 0 Å². The summed E-state index contributed by atoms with van der Waals surface area (Å²) in [7, 11) is 3.09. The van der Waals surface area contributed by atoms with Crippen LogP contribution in [0.5, 0.6) is 11.5 Å². The minimum absolute atomic E-state index is 0.0592. The molecule has 12 heteroatoms. The first kappa shape index (κ1) is 34.5. The minimum atomic E-state index is -0.723. The van der Waals surface area contributed by atoms with Crippen LogP contribution in [0.4, 0.5) is 0 Å². The van der Waals surface area contributed by atoms with E-state index in [2.05, 4.69) is 20.8 Å². The third kappa shape index (κ3) is 8.34. The quantitative estimate of drug-likeness (QED) is 0.256. The van der Waals surface area contributed by atoms with Gasteiger partial charge in [0, 0.05) is 50.7 Å². The highest BCUT2D eigenvalue weighted by Gasteiger charge is 2.48. The molecule has 5 rings (SSSR count). The summed E-state index contributed by atoms with van der Waals surface area (Å²) < 4.78 is 11.3. The number of H-pyrrole nitrogens is 1. The molecule has 0 bridgehead atoms. The van der Waals surface area contributed by atoms with E-state index in [1.807, 2.05) is 44.2 Å². The van der Waals surface area contributed by atoms with Gasteiger partial charge in [-0.3, -0.25) is 24.3 Å². The van der Waals surface area contributed by atoms with Crippen molar-refractivity contribution in [1.82, 2.24) is 30.6 Å². The minimum Gasteiger partial charge on any atom is -0.493 e. The van der Waals surface area contributed by atoms with Crippen molar-refractivity contribution >= 4 is 23.6 Å². The number of hydrogen-bond donors (Lipinski definition) is 3. The molecule has 256 valence electrons. The standard InChI is InChI=1S/C36H46N6O6/c1-23(2)48-31-14-13-25(17-32(31)47-4)36(46)42-20-26-19-41(33(43)18-27-15-16-38-40-27)22-29(28(26)21-42)34(44)39-30(35(45)37-3)12-8-11-24-9-6-5-7-10-24/h5-7,9-10,13-17,23,26,28-30H,8,11-12,18-22H2,1-4H3,(H,37,45)(H,38,40)(H,39,44)/t26?,28?,29?,30-/m0/s1. The molecule has 3 heterocycles. The monoisotopic (exact) mass is 658 g/mol. The molecule has 2 aromatic carbocycles. The van der Waals surface area contributed by atoms with Crippen molar-refractivity contribution in [3.63, 3.8) is 0 Å². The van der Waals surface area contributed by atoms with Crippen molar-refractivity contribution in [1.29, 1.82) is 0 Å². The van der Waals surface area contributed by atoms with E-state index in [-0.39, 0.29) is 54.5 Å². The lowest BCUT2D eigenvalue weighted by Crippen LogP contribution is -2.56. The van der Waals surface area contributed by atoms with Gasteiger partial charge in [0.15, 0.2) is 11.5 Å². The third-order valence-electron chi connectivity index (χ3n) is 9.21. The molecule has 3 aromatic rings. The van der Waals surface area contributed by atoms with E-state index in [1.54, 1.807) is 47.3 Å². The molecule has 4 amide bonds. The summed E-state index contributed by atoms with van der Waals surface area (Å²) in [6, 6.07) is 16.2. The van der Waals surface area contributed by atoms with Crippen LogP contribution in [0.1, 0.15) is 48.3 Å². The number of nitrogens with zero attached hydrogens (tertiary/aromatic N) is 3. The van der Waals surface area contributed by atoms with Gasteiger partial charge in [0.05, 0.1) is 25.6 Å². The Kier molecular flexibility index (Phi) is 11.4. The second-order valence-electron chi connectivity index (χ2n) is 12.9. The van der Waals surface area contributed by atoms with E-state index in [0.29, 0.717) is 55.2 Å². The van der Waals surface area contributed by atoms with Crippen LogP contribution < -0.4 is 20.1 Å². The summed E-state index contributed by atoms with van der Waals surface area (Å²) in [6.45, 7) is 5.20. The number of rotatable bonds is 13. The average Bonchev–Trinajstić information content (AvgIpc) is 3.77. The normalized spacial score (nSPS) is 19.4. The topological polar surface area (TPSA) is 146 Å². The number of ether oxygens (including phenoxy) is 2. The van der Waals surface area contributed by atoms with Gasteiger partial charge in [-0.1, -0.05) is 30.3 Å². The highest BCUT2D eigenvalue weighted by molar-refractivity contribution is 5.95. The Bertz CT molecular complexity index is 1560. The van der Waals surface area contributed by atoms with Gasteiger partial charge >= 0.3 is 0 Å². The maximum Gasteiger partial charge on any atom is 0.254 e. The predicted octanol–water partition coefficient (Wildman–Crippen LogP) is 2.85. The Hall–Kier alpha value is -4.87. The number of hydrogen-bond acceptors (Lipinski definition) is 7. The molecule has 2 saturated heterocycles. The molecule has 2 aliphatic heterocycles. The number of piperidine rings is 1. The van der Waals surface area contributed by atoms with Crippen molar-refractivity contribution in [2.45, 2.75) is 51.7 Å². The zero-order chi connectivity index (χ0) is 34.2. The Morgan fingerprint density at radius 2 is 1.75 bits per heavy atom. The number of benzene rings is 2. The fraction of sp³-hybridized carbons (Fsp3) is 0.472. The molecule has 0 radical (unpaired) electrons. The fourth-order valence-electron chi connectivity index (χ4n) is 6.79. The third-order valence-corrected chi connectivity index (χ3v) is 9.21. The summed E-state index contributed by atoms with van der Waals surface area (Å²) in [4.78, 5) is 57.7. The Labute approximate surface area is 281 Å². The van der Waals surface area contributed by atoms with Crippen LogP contribution in [0, 0.1) is 17.8 Å². The van der Waals surface area contributed by atoms with Gasteiger partial charge in [-0.15, -0.1) is 0 Å². The first-order chi connectivity index (χ1) is 23.2. The number of carbonyl (C=O) groups excluding carboxylic acids is 4. The lowest BCUT2D eigenvalue weighted by Gasteiger charge is -2.40. The van der Waals surface area contributed by atoms with Crippen LogP contribution in [0.2, 0.25) is 0 Å². The average molecular weight is 659 g/mol. The highest BCUT2D eigenvalue weighted by atomic mass is 16.5. The SMILES string of the molecule is CNC(=O)[C@H](CCCc1ccccc1)NC(=O)C1CN(C(=O)Cc2ccn[nH]2)CC2CN(C(=O)c3ccc(OC(C)C)c(OC)c3)CC21. The smallest absolute Gasteiger partial charge is 0.254 e. The lowest BCUT2D eigenvalue weighted by atomic mass is 9.79. The van der Waals surface area contributed by atoms with Gasteiger partial charge in [-0.05, 0) is 74.8 Å². The summed E-state index contributed by atoms with van der Waals surface area (Å²) in [5, 5.41) is 12.5. The lowest BCUT2D eigenvalue weighted by molar-refractivity contribution is -0.140. The van der Waals surface area contributed by atoms with Gasteiger partial charge in [0.1, 0.15) is 6.04 Å². The number of aryl methyl sites for hydroxylation is 1. The molecular formula is C36H46N6O6. The van der Waals surface area contributed by atoms with Gasteiger partial charge in [-0.2, -0.15) is 5.10 Å². The first-order valence-electron chi connectivity index (χ1n) is 16.6. The Morgan fingerprint density at radius 3 is 2.44 bits per heavy atom. The van der Waals surface area contributed by atoms with Crippen LogP contribution in [-0.4, -0.2) is 96.1 Å². The highest BCUT2D eigenvalue weighted by Crippen LogP contribution is 2.37. The van der Waals surface area contributed by atoms with Gasteiger partial charge in [-0.25, -0.2) is 0 Å². The fourth-order valence-corrected chi connectivity index (χ4v) is 6.79. The van der Waals surface area contributed by atoms with Crippen LogP contribution in [0.25, 0.3) is 0 Å². The van der Waals surface area contributed by atoms with Crippen molar-refractivity contribution in [2.24, 2.45) is 17.8 Å². The number of amides is 4. The van der Waals surface area contributed by atoms with Gasteiger partial charge in [0.25, 0.3) is 5.91 Å². The largest absolute Gasteiger partial charge is 0.493 e. The van der Waals surface area contributed by atoms with Crippen LogP contribution in [-0.2, 0) is 27.2 Å². The summed E-state index contributed by atoms with van der Waals surface area (Å²) in [5.74, 6) is -0.764. The molecule has 3 unspecified atom stereocenters. The zero-order valence-electron chi connectivity index (χ0n) is 28.1. The molecule has 2 aliphatic rings. The van der Waals surface area contributed by atoms with E-state index in [1.165, 1.54) is 7.11 Å².